The fraction of sp³-hybridized carbons (Fsp3) is 0.286. The van der Waals surface area contributed by atoms with Crippen LogP contribution in [0.15, 0.2) is 30.3 Å². The number of nitrogens with zero attached hydrogens (tertiary/aromatic N) is 3. The number of hydrogen-bond donors (Lipinski definition) is 2. The van der Waals surface area contributed by atoms with Crippen molar-refractivity contribution < 1.29 is 0 Å². The summed E-state index contributed by atoms with van der Waals surface area (Å²) in [6.07, 6.45) is 0. The van der Waals surface area contributed by atoms with E-state index in [-0.39, 0.29) is 0 Å². The number of hydrazine groups is 1. The number of nitrogens with one attached hydrogen (secondary N) is 1. The molecule has 1 heterocycles. The fourth-order valence-electron chi connectivity index (χ4n) is 2.06. The van der Waals surface area contributed by atoms with Crippen molar-refractivity contribution in [2.75, 3.05) is 17.4 Å². The molecule has 0 aliphatic carbocycles. The average molecular weight is 257 g/mol. The number of aryl methyl sites for hydroxylation is 2. The molecule has 3 N–H and O–H groups in total. The molecule has 0 fully saturated rings. The predicted molar refractivity (Wildman–Crippen MR) is 77.9 cm³/mol. The number of aromatic nitrogens is 2. The van der Waals surface area contributed by atoms with Crippen molar-refractivity contribution in [2.45, 2.75) is 20.4 Å². The quantitative estimate of drug-likeness (QED) is 0.648. The molecule has 0 radical (unpaired) electrons. The van der Waals surface area contributed by atoms with E-state index in [9.17, 15) is 0 Å². The Hall–Kier alpha value is -2.14. The molecule has 1 aromatic carbocycles. The summed E-state index contributed by atoms with van der Waals surface area (Å²) in [4.78, 5) is 10.9. The zero-order valence-corrected chi connectivity index (χ0v) is 11.5. The minimum atomic E-state index is 0.640. The summed E-state index contributed by atoms with van der Waals surface area (Å²) in [5, 5.41) is 0. The first kappa shape index (κ1) is 13.3. The number of hydrogen-bond acceptors (Lipinski definition) is 5. The van der Waals surface area contributed by atoms with Crippen LogP contribution in [0.25, 0.3) is 0 Å². The van der Waals surface area contributed by atoms with Gasteiger partial charge in [-0.25, -0.2) is 15.8 Å². The van der Waals surface area contributed by atoms with Crippen molar-refractivity contribution in [3.8, 4) is 0 Å². The highest BCUT2D eigenvalue weighted by molar-refractivity contribution is 5.52. The Balaban J connectivity index is 2.21. The third-order valence-corrected chi connectivity index (χ3v) is 2.95. The minimum absolute atomic E-state index is 0.640. The molecule has 0 spiro atoms. The van der Waals surface area contributed by atoms with E-state index < -0.39 is 0 Å². The molecule has 0 atom stereocenters. The Morgan fingerprint density at radius 1 is 1.21 bits per heavy atom. The molecule has 1 aromatic heterocycles. The molecule has 2 rings (SSSR count). The largest absolute Gasteiger partial charge is 0.367 e. The van der Waals surface area contributed by atoms with Gasteiger partial charge >= 0.3 is 0 Å². The standard InChI is InChI=1S/C14H19N5/c1-10-6-4-5-7-12(10)19(3)9-14-16-11(2)8-13(17-14)18-15/h4-8H,9,15H2,1-3H3,(H,16,17,18). The number of anilines is 2. The summed E-state index contributed by atoms with van der Waals surface area (Å²) >= 11 is 0. The molecule has 0 aliphatic heterocycles. The number of benzene rings is 1. The van der Waals surface area contributed by atoms with Crippen molar-refractivity contribution in [3.05, 3.63) is 47.4 Å². The van der Waals surface area contributed by atoms with Crippen molar-refractivity contribution in [1.29, 1.82) is 0 Å². The summed E-state index contributed by atoms with van der Waals surface area (Å²) in [6.45, 7) is 4.66. The lowest BCUT2D eigenvalue weighted by Crippen LogP contribution is -2.20. The van der Waals surface area contributed by atoms with Crippen LogP contribution in [0.4, 0.5) is 11.5 Å². The highest BCUT2D eigenvalue weighted by Gasteiger charge is 2.08. The second kappa shape index (κ2) is 5.67. The lowest BCUT2D eigenvalue weighted by Gasteiger charge is -2.20. The van der Waals surface area contributed by atoms with Gasteiger partial charge in [0.05, 0.1) is 6.54 Å². The Kier molecular flexibility index (Phi) is 3.97. The first-order chi connectivity index (χ1) is 9.10. The van der Waals surface area contributed by atoms with Gasteiger partial charge in [0.15, 0.2) is 0 Å². The Morgan fingerprint density at radius 2 is 1.95 bits per heavy atom. The summed E-state index contributed by atoms with van der Waals surface area (Å²) in [5.74, 6) is 6.79. The van der Waals surface area contributed by atoms with Gasteiger partial charge in [-0.3, -0.25) is 0 Å². The second-order valence-electron chi connectivity index (χ2n) is 4.60. The normalized spacial score (nSPS) is 10.3. The molecule has 0 saturated heterocycles. The van der Waals surface area contributed by atoms with Crippen LogP contribution in [0, 0.1) is 13.8 Å². The molecule has 19 heavy (non-hydrogen) atoms. The molecule has 0 unspecified atom stereocenters. The molecule has 0 saturated carbocycles. The van der Waals surface area contributed by atoms with Crippen molar-refractivity contribution >= 4 is 11.5 Å². The summed E-state index contributed by atoms with van der Waals surface area (Å²) in [6, 6.07) is 10.1. The average Bonchev–Trinajstić information content (AvgIpc) is 2.38. The maximum absolute atomic E-state index is 5.40. The Bertz CT molecular complexity index is 568. The van der Waals surface area contributed by atoms with Gasteiger partial charge in [0.25, 0.3) is 0 Å². The zero-order chi connectivity index (χ0) is 13.8. The highest BCUT2D eigenvalue weighted by Crippen LogP contribution is 2.19. The molecular formula is C14H19N5. The first-order valence-electron chi connectivity index (χ1n) is 6.18. The van der Waals surface area contributed by atoms with Crippen LogP contribution in [0.5, 0.6) is 0 Å². The number of nitrogens with two attached hydrogens (primary N) is 1. The molecule has 0 bridgehead atoms. The Labute approximate surface area is 113 Å². The van der Waals surface area contributed by atoms with Crippen molar-refractivity contribution in [1.82, 2.24) is 9.97 Å². The van der Waals surface area contributed by atoms with E-state index in [0.717, 1.165) is 11.5 Å². The molecule has 100 valence electrons. The lowest BCUT2D eigenvalue weighted by atomic mass is 10.2. The molecule has 5 nitrogen and oxygen atoms in total. The zero-order valence-electron chi connectivity index (χ0n) is 11.5. The van der Waals surface area contributed by atoms with Crippen LogP contribution in [0.2, 0.25) is 0 Å². The maximum atomic E-state index is 5.40. The van der Waals surface area contributed by atoms with Crippen LogP contribution in [-0.4, -0.2) is 17.0 Å². The van der Waals surface area contributed by atoms with Crippen molar-refractivity contribution in [2.24, 2.45) is 5.84 Å². The fourth-order valence-corrected chi connectivity index (χ4v) is 2.06. The summed E-state index contributed by atoms with van der Waals surface area (Å²) in [5.41, 5.74) is 5.87. The predicted octanol–water partition coefficient (Wildman–Crippen LogP) is 2.02. The molecule has 0 aliphatic rings. The van der Waals surface area contributed by atoms with Gasteiger partial charge in [0.2, 0.25) is 0 Å². The third kappa shape index (κ3) is 3.20. The van der Waals surface area contributed by atoms with Crippen LogP contribution >= 0.6 is 0 Å². The van der Waals surface area contributed by atoms with Gasteiger partial charge in [-0.2, -0.15) is 0 Å². The van der Waals surface area contributed by atoms with E-state index in [4.69, 9.17) is 5.84 Å². The number of nitrogen functional groups attached to an aromatic ring is 1. The summed E-state index contributed by atoms with van der Waals surface area (Å²) in [7, 11) is 2.03. The maximum Gasteiger partial charge on any atom is 0.150 e. The van der Waals surface area contributed by atoms with Gasteiger partial charge in [0, 0.05) is 24.5 Å². The van der Waals surface area contributed by atoms with E-state index in [1.165, 1.54) is 11.3 Å². The highest BCUT2D eigenvalue weighted by atomic mass is 15.3. The monoisotopic (exact) mass is 257 g/mol. The number of para-hydroxylation sites is 1. The first-order valence-corrected chi connectivity index (χ1v) is 6.18. The Morgan fingerprint density at radius 3 is 2.63 bits per heavy atom. The SMILES string of the molecule is Cc1cc(NN)nc(CN(C)c2ccccc2C)n1. The van der Waals surface area contributed by atoms with E-state index in [1.807, 2.05) is 32.2 Å². The summed E-state index contributed by atoms with van der Waals surface area (Å²) < 4.78 is 0. The van der Waals surface area contributed by atoms with Crippen LogP contribution < -0.4 is 16.2 Å². The van der Waals surface area contributed by atoms with Crippen LogP contribution in [0.3, 0.4) is 0 Å². The van der Waals surface area contributed by atoms with Gasteiger partial charge < -0.3 is 10.3 Å². The van der Waals surface area contributed by atoms with Crippen molar-refractivity contribution in [3.63, 3.8) is 0 Å². The van der Waals surface area contributed by atoms with Crippen LogP contribution in [0.1, 0.15) is 17.1 Å². The van der Waals surface area contributed by atoms with Gasteiger partial charge in [-0.1, -0.05) is 18.2 Å². The van der Waals surface area contributed by atoms with Gasteiger partial charge in [-0.15, -0.1) is 0 Å². The minimum Gasteiger partial charge on any atom is -0.367 e. The topological polar surface area (TPSA) is 67.1 Å². The second-order valence-corrected chi connectivity index (χ2v) is 4.60. The molecule has 2 aromatic rings. The molecule has 0 amide bonds. The van der Waals surface area contributed by atoms with E-state index >= 15 is 0 Å². The smallest absolute Gasteiger partial charge is 0.150 e. The van der Waals surface area contributed by atoms with Crippen LogP contribution in [-0.2, 0) is 6.54 Å². The lowest BCUT2D eigenvalue weighted by molar-refractivity contribution is 0.826. The van der Waals surface area contributed by atoms with Gasteiger partial charge in [-0.05, 0) is 25.5 Å². The third-order valence-electron chi connectivity index (χ3n) is 2.95. The molecular weight excluding hydrogens is 238 g/mol. The van der Waals surface area contributed by atoms with E-state index in [2.05, 4.69) is 39.4 Å². The van der Waals surface area contributed by atoms with E-state index in [0.29, 0.717) is 12.4 Å². The molecule has 5 heteroatoms. The van der Waals surface area contributed by atoms with Gasteiger partial charge in [0.1, 0.15) is 11.6 Å². The van der Waals surface area contributed by atoms with E-state index in [1.54, 1.807) is 0 Å². The number of rotatable bonds is 4.